The van der Waals surface area contributed by atoms with E-state index in [0.717, 1.165) is 14.0 Å². The van der Waals surface area contributed by atoms with E-state index in [1.807, 2.05) is 0 Å². The van der Waals surface area contributed by atoms with Crippen LogP contribution in [0.5, 0.6) is 0 Å². The third kappa shape index (κ3) is 3.42. The maximum Gasteiger partial charge on any atom is 0.340 e. The minimum Gasteiger partial charge on any atom is -0.479 e. The highest BCUT2D eigenvalue weighted by Crippen LogP contribution is 1.98. The summed E-state index contributed by atoms with van der Waals surface area (Å²) in [5.74, 6) is -2.17. The van der Waals surface area contributed by atoms with Crippen LogP contribution in [-0.4, -0.2) is 41.7 Å². The number of carboxylic acid groups (broad SMARTS) is 1. The van der Waals surface area contributed by atoms with Gasteiger partial charge in [0.2, 0.25) is 6.10 Å². The van der Waals surface area contributed by atoms with E-state index in [4.69, 9.17) is 10.2 Å². The number of Topliss-reactive ketones (excluding diaryl/α,β-unsaturated/α-hetero) is 1. The monoisotopic (exact) mass is 178 g/mol. The molecule has 70 valence electrons. The summed E-state index contributed by atoms with van der Waals surface area (Å²) < 4.78 is 8.51. The van der Waals surface area contributed by atoms with Gasteiger partial charge in [0.1, 0.15) is 0 Å². The molecule has 0 aromatic carbocycles. The number of aliphatic hydroxyl groups excluding tert-OH is 1. The Balaban J connectivity index is 4.14. The zero-order chi connectivity index (χ0) is 9.72. The SMILES string of the molecule is COC(O)OC(C(C)=O)C(=O)O. The van der Waals surface area contributed by atoms with Gasteiger partial charge in [0, 0.05) is 7.11 Å². The fraction of sp³-hybridized carbons (Fsp3) is 0.667. The minimum atomic E-state index is -1.70. The topological polar surface area (TPSA) is 93.1 Å². The molecule has 0 aliphatic heterocycles. The number of ketones is 1. The average molecular weight is 178 g/mol. The number of hydrogen-bond donors (Lipinski definition) is 2. The van der Waals surface area contributed by atoms with Crippen molar-refractivity contribution >= 4 is 11.8 Å². The van der Waals surface area contributed by atoms with Gasteiger partial charge in [-0.1, -0.05) is 0 Å². The second-order valence-corrected chi connectivity index (χ2v) is 2.01. The molecule has 0 saturated carbocycles. The molecule has 6 nitrogen and oxygen atoms in total. The summed E-state index contributed by atoms with van der Waals surface area (Å²) >= 11 is 0. The smallest absolute Gasteiger partial charge is 0.340 e. The van der Waals surface area contributed by atoms with Gasteiger partial charge in [-0.25, -0.2) is 4.79 Å². The highest BCUT2D eigenvalue weighted by molar-refractivity contribution is 5.99. The fourth-order valence-electron chi connectivity index (χ4n) is 0.500. The Morgan fingerprint density at radius 1 is 1.42 bits per heavy atom. The van der Waals surface area contributed by atoms with Crippen LogP contribution in [-0.2, 0) is 19.1 Å². The predicted octanol–water partition coefficient (Wildman–Crippen LogP) is -1.03. The summed E-state index contributed by atoms with van der Waals surface area (Å²) in [7, 11) is 1.11. The summed E-state index contributed by atoms with van der Waals surface area (Å²) in [6, 6.07) is 0. The number of aliphatic hydroxyl groups is 1. The lowest BCUT2D eigenvalue weighted by atomic mass is 10.2. The molecule has 0 rings (SSSR count). The van der Waals surface area contributed by atoms with E-state index in [2.05, 4.69) is 9.47 Å². The Morgan fingerprint density at radius 2 is 1.92 bits per heavy atom. The molecule has 0 fully saturated rings. The first-order chi connectivity index (χ1) is 5.49. The first-order valence-corrected chi connectivity index (χ1v) is 3.08. The van der Waals surface area contributed by atoms with Crippen molar-refractivity contribution in [3.63, 3.8) is 0 Å². The largest absolute Gasteiger partial charge is 0.479 e. The maximum atomic E-state index is 10.6. The van der Waals surface area contributed by atoms with Gasteiger partial charge in [-0.05, 0) is 6.92 Å². The van der Waals surface area contributed by atoms with Crippen molar-refractivity contribution < 1.29 is 29.3 Å². The molecule has 0 amide bonds. The number of ether oxygens (including phenoxy) is 2. The molecule has 2 atom stereocenters. The van der Waals surface area contributed by atoms with Gasteiger partial charge >= 0.3 is 5.97 Å². The molecule has 0 bridgehead atoms. The zero-order valence-corrected chi connectivity index (χ0v) is 6.68. The molecule has 0 heterocycles. The van der Waals surface area contributed by atoms with Gasteiger partial charge in [0.25, 0.3) is 6.48 Å². The summed E-state index contributed by atoms with van der Waals surface area (Å²) in [6.07, 6.45) is -1.68. The highest BCUT2D eigenvalue weighted by atomic mass is 16.8. The maximum absolute atomic E-state index is 10.6. The molecule has 0 aliphatic rings. The second kappa shape index (κ2) is 4.81. The van der Waals surface area contributed by atoms with E-state index >= 15 is 0 Å². The Bertz CT molecular complexity index is 163. The summed E-state index contributed by atoms with van der Waals surface area (Å²) in [5, 5.41) is 17.0. The van der Waals surface area contributed by atoms with Crippen LogP contribution < -0.4 is 0 Å². The van der Waals surface area contributed by atoms with E-state index in [9.17, 15) is 9.59 Å². The van der Waals surface area contributed by atoms with E-state index in [-0.39, 0.29) is 0 Å². The van der Waals surface area contributed by atoms with Crippen LogP contribution in [0.25, 0.3) is 0 Å². The van der Waals surface area contributed by atoms with Crippen molar-refractivity contribution in [2.75, 3.05) is 7.11 Å². The van der Waals surface area contributed by atoms with Gasteiger partial charge in [0.15, 0.2) is 5.78 Å². The molecular formula is C6H10O6. The lowest BCUT2D eigenvalue weighted by Crippen LogP contribution is -2.35. The highest BCUT2D eigenvalue weighted by Gasteiger charge is 2.26. The van der Waals surface area contributed by atoms with Crippen molar-refractivity contribution in [2.45, 2.75) is 19.5 Å². The predicted molar refractivity (Wildman–Crippen MR) is 36.2 cm³/mol. The molecular weight excluding hydrogens is 168 g/mol. The van der Waals surface area contributed by atoms with Gasteiger partial charge in [0.05, 0.1) is 0 Å². The number of carbonyl (C=O) groups is 2. The standard InChI is InChI=1S/C6H10O6/c1-3(7)4(5(8)9)12-6(10)11-2/h4,6,10H,1-2H3,(H,8,9). The average Bonchev–Trinajstić information content (AvgIpc) is 1.98. The van der Waals surface area contributed by atoms with E-state index in [1.54, 1.807) is 0 Å². The summed E-state index contributed by atoms with van der Waals surface area (Å²) in [5.41, 5.74) is 0. The first kappa shape index (κ1) is 11.0. The first-order valence-electron chi connectivity index (χ1n) is 3.08. The van der Waals surface area contributed by atoms with Gasteiger partial charge in [-0.15, -0.1) is 0 Å². The third-order valence-corrected chi connectivity index (χ3v) is 1.05. The third-order valence-electron chi connectivity index (χ3n) is 1.05. The Labute approximate surface area is 68.7 Å². The number of aliphatic carboxylic acids is 1. The summed E-state index contributed by atoms with van der Waals surface area (Å²) in [6.45, 7) is -0.656. The molecule has 12 heavy (non-hydrogen) atoms. The van der Waals surface area contributed by atoms with Crippen LogP contribution >= 0.6 is 0 Å². The van der Waals surface area contributed by atoms with Gasteiger partial charge in [-0.3, -0.25) is 4.79 Å². The molecule has 0 aromatic rings. The molecule has 0 radical (unpaired) electrons. The number of rotatable bonds is 5. The minimum absolute atomic E-state index is 0.710. The molecule has 0 spiro atoms. The molecule has 2 N–H and O–H groups in total. The lowest BCUT2D eigenvalue weighted by Gasteiger charge is -2.13. The second-order valence-electron chi connectivity index (χ2n) is 2.01. The van der Waals surface area contributed by atoms with E-state index < -0.39 is 24.3 Å². The van der Waals surface area contributed by atoms with E-state index in [1.165, 1.54) is 0 Å². The van der Waals surface area contributed by atoms with Crippen molar-refractivity contribution in [3.8, 4) is 0 Å². The molecule has 0 aromatic heterocycles. The molecule has 6 heteroatoms. The Morgan fingerprint density at radius 3 is 2.17 bits per heavy atom. The van der Waals surface area contributed by atoms with Crippen LogP contribution in [0.3, 0.4) is 0 Å². The van der Waals surface area contributed by atoms with E-state index in [0.29, 0.717) is 0 Å². The molecule has 0 aliphatic carbocycles. The van der Waals surface area contributed by atoms with Gasteiger partial charge < -0.3 is 19.7 Å². The molecule has 2 unspecified atom stereocenters. The van der Waals surface area contributed by atoms with Crippen molar-refractivity contribution in [1.82, 2.24) is 0 Å². The van der Waals surface area contributed by atoms with Gasteiger partial charge in [-0.2, -0.15) is 0 Å². The zero-order valence-electron chi connectivity index (χ0n) is 6.68. The number of carboxylic acids is 1. The summed E-state index contributed by atoms with van der Waals surface area (Å²) in [4.78, 5) is 20.8. The lowest BCUT2D eigenvalue weighted by molar-refractivity contribution is -0.265. The Hall–Kier alpha value is -0.980. The van der Waals surface area contributed by atoms with Crippen molar-refractivity contribution in [1.29, 1.82) is 0 Å². The van der Waals surface area contributed by atoms with Crippen LogP contribution in [0.2, 0.25) is 0 Å². The van der Waals surface area contributed by atoms with Crippen molar-refractivity contribution in [3.05, 3.63) is 0 Å². The van der Waals surface area contributed by atoms with Crippen LogP contribution in [0.15, 0.2) is 0 Å². The fourth-order valence-corrected chi connectivity index (χ4v) is 0.500. The van der Waals surface area contributed by atoms with Crippen LogP contribution in [0, 0.1) is 0 Å². The van der Waals surface area contributed by atoms with Crippen molar-refractivity contribution in [2.24, 2.45) is 0 Å². The Kier molecular flexibility index (Phi) is 4.42. The number of hydrogen-bond acceptors (Lipinski definition) is 5. The van der Waals surface area contributed by atoms with Crippen LogP contribution in [0.4, 0.5) is 0 Å². The quantitative estimate of drug-likeness (QED) is 0.413. The molecule has 0 saturated heterocycles. The normalized spacial score (nSPS) is 15.2. The number of methoxy groups -OCH3 is 1. The number of carbonyl (C=O) groups excluding carboxylic acids is 1. The van der Waals surface area contributed by atoms with Crippen LogP contribution in [0.1, 0.15) is 6.92 Å².